The molecule has 2 aromatic carbocycles. The SMILES string of the molecule is Cc1ccc(S(=O)(=O)N2CCC[C@H]2C(=O)N[C@@H](Cc2ccc(OC(=O)N3CCSCC3)cc2)C(=O)O)cc1. The Bertz CT molecular complexity index is 1260. The quantitative estimate of drug-likeness (QED) is 0.502. The number of benzene rings is 2. The summed E-state index contributed by atoms with van der Waals surface area (Å²) in [6.45, 7) is 3.30. The topological polar surface area (TPSA) is 133 Å². The number of nitrogens with one attached hydrogen (secondary N) is 1. The standard InChI is InChI=1S/C26H31N3O7S2/c1-18-4-10-21(11-5-18)38(34,35)29-12-2-3-23(29)24(30)27-22(25(31)32)17-19-6-8-20(9-7-19)36-26(33)28-13-15-37-16-14-28/h4-11,22-23H,2-3,12-17H2,1H3,(H,27,30)(H,31,32)/t22-,23-/m0/s1. The summed E-state index contributed by atoms with van der Waals surface area (Å²) >= 11 is 1.79. The van der Waals surface area contributed by atoms with Crippen LogP contribution in [0.5, 0.6) is 5.75 Å². The van der Waals surface area contributed by atoms with E-state index in [4.69, 9.17) is 4.74 Å². The fraction of sp³-hybridized carbons (Fsp3) is 0.423. The molecule has 2 saturated heterocycles. The molecule has 204 valence electrons. The number of ether oxygens (including phenoxy) is 1. The number of aryl methyl sites for hydroxylation is 1. The lowest BCUT2D eigenvalue weighted by atomic mass is 10.1. The van der Waals surface area contributed by atoms with E-state index in [9.17, 15) is 27.9 Å². The number of carboxylic acid groups (broad SMARTS) is 1. The van der Waals surface area contributed by atoms with Crippen LogP contribution >= 0.6 is 11.8 Å². The van der Waals surface area contributed by atoms with Gasteiger partial charge in [0.05, 0.1) is 4.90 Å². The van der Waals surface area contributed by atoms with Gasteiger partial charge in [0.1, 0.15) is 17.8 Å². The fourth-order valence-corrected chi connectivity index (χ4v) is 7.00. The van der Waals surface area contributed by atoms with Crippen LogP contribution in [0.25, 0.3) is 0 Å². The molecule has 0 aliphatic carbocycles. The third kappa shape index (κ3) is 6.66. The van der Waals surface area contributed by atoms with Crippen molar-refractivity contribution < 1.29 is 32.6 Å². The van der Waals surface area contributed by atoms with Gasteiger partial charge in [0.2, 0.25) is 15.9 Å². The maximum absolute atomic E-state index is 13.2. The van der Waals surface area contributed by atoms with E-state index in [2.05, 4.69) is 5.32 Å². The molecule has 2 N–H and O–H groups in total. The fourth-order valence-electron chi connectivity index (χ4n) is 4.44. The number of aliphatic carboxylic acids is 1. The highest BCUT2D eigenvalue weighted by Crippen LogP contribution is 2.27. The van der Waals surface area contributed by atoms with Gasteiger partial charge >= 0.3 is 12.1 Å². The molecule has 0 saturated carbocycles. The summed E-state index contributed by atoms with van der Waals surface area (Å²) in [5.41, 5.74) is 1.53. The molecule has 0 radical (unpaired) electrons. The first kappa shape index (κ1) is 27.9. The first-order valence-corrected chi connectivity index (χ1v) is 15.0. The number of rotatable bonds is 8. The minimum atomic E-state index is -3.91. The number of amides is 2. The van der Waals surface area contributed by atoms with Crippen molar-refractivity contribution in [3.05, 3.63) is 59.7 Å². The summed E-state index contributed by atoms with van der Waals surface area (Å²) in [6.07, 6.45) is 0.363. The van der Waals surface area contributed by atoms with Crippen molar-refractivity contribution in [2.45, 2.75) is 43.2 Å². The first-order chi connectivity index (χ1) is 18.1. The lowest BCUT2D eigenvalue weighted by Crippen LogP contribution is -2.51. The smallest absolute Gasteiger partial charge is 0.415 e. The molecular formula is C26H31N3O7S2. The predicted molar refractivity (Wildman–Crippen MR) is 143 cm³/mol. The van der Waals surface area contributed by atoms with Crippen LogP contribution in [0.2, 0.25) is 0 Å². The van der Waals surface area contributed by atoms with E-state index in [-0.39, 0.29) is 17.9 Å². The van der Waals surface area contributed by atoms with Crippen LogP contribution in [0.15, 0.2) is 53.4 Å². The molecule has 4 rings (SSSR count). The number of sulfonamides is 1. The summed E-state index contributed by atoms with van der Waals surface area (Å²) in [5.74, 6) is 0.203. The van der Waals surface area contributed by atoms with Gasteiger partial charge in [-0.05, 0) is 49.6 Å². The Morgan fingerprint density at radius 2 is 1.71 bits per heavy atom. The number of carbonyl (C=O) groups excluding carboxylic acids is 2. The number of hydrogen-bond donors (Lipinski definition) is 2. The minimum absolute atomic E-state index is 0.0178. The van der Waals surface area contributed by atoms with E-state index >= 15 is 0 Å². The molecule has 10 nitrogen and oxygen atoms in total. The minimum Gasteiger partial charge on any atom is -0.480 e. The Hall–Kier alpha value is -3.09. The molecular weight excluding hydrogens is 530 g/mol. The Morgan fingerprint density at radius 1 is 1.05 bits per heavy atom. The van der Waals surface area contributed by atoms with Crippen LogP contribution in [0.3, 0.4) is 0 Å². The van der Waals surface area contributed by atoms with Gasteiger partial charge in [-0.3, -0.25) is 4.79 Å². The Labute approximate surface area is 226 Å². The van der Waals surface area contributed by atoms with Gasteiger partial charge in [-0.1, -0.05) is 29.8 Å². The second kappa shape index (κ2) is 12.2. The molecule has 2 heterocycles. The van der Waals surface area contributed by atoms with Crippen LogP contribution in [-0.4, -0.2) is 83.9 Å². The Kier molecular flexibility index (Phi) is 8.95. The van der Waals surface area contributed by atoms with E-state index in [0.29, 0.717) is 37.2 Å². The third-order valence-corrected chi connectivity index (χ3v) is 9.45. The normalized spacial score (nSPS) is 19.1. The van der Waals surface area contributed by atoms with Gasteiger partial charge in [0, 0.05) is 37.6 Å². The van der Waals surface area contributed by atoms with Crippen molar-refractivity contribution in [1.29, 1.82) is 0 Å². The van der Waals surface area contributed by atoms with Crippen molar-refractivity contribution in [1.82, 2.24) is 14.5 Å². The summed E-state index contributed by atoms with van der Waals surface area (Å²) in [7, 11) is -3.91. The average Bonchev–Trinajstić information content (AvgIpc) is 3.41. The summed E-state index contributed by atoms with van der Waals surface area (Å²) < 4.78 is 32.9. The van der Waals surface area contributed by atoms with Gasteiger partial charge in [0.25, 0.3) is 0 Å². The van der Waals surface area contributed by atoms with Gasteiger partial charge in [-0.2, -0.15) is 16.1 Å². The second-order valence-electron chi connectivity index (χ2n) is 9.30. The number of hydrogen-bond acceptors (Lipinski definition) is 7. The highest BCUT2D eigenvalue weighted by atomic mass is 32.2. The van der Waals surface area contributed by atoms with Crippen LogP contribution in [0.1, 0.15) is 24.0 Å². The molecule has 2 aliphatic rings. The monoisotopic (exact) mass is 561 g/mol. The zero-order valence-corrected chi connectivity index (χ0v) is 22.7. The van der Waals surface area contributed by atoms with Gasteiger partial charge < -0.3 is 20.1 Å². The van der Waals surface area contributed by atoms with E-state index in [1.54, 1.807) is 53.1 Å². The molecule has 2 aromatic rings. The molecule has 2 aliphatic heterocycles. The summed E-state index contributed by atoms with van der Waals surface area (Å²) in [6, 6.07) is 10.6. The number of carbonyl (C=O) groups is 3. The zero-order chi connectivity index (χ0) is 27.3. The predicted octanol–water partition coefficient (Wildman–Crippen LogP) is 2.51. The van der Waals surface area contributed by atoms with Crippen LogP contribution in [-0.2, 0) is 26.0 Å². The van der Waals surface area contributed by atoms with Crippen molar-refractivity contribution >= 4 is 39.8 Å². The molecule has 12 heteroatoms. The van der Waals surface area contributed by atoms with E-state index < -0.39 is 40.1 Å². The van der Waals surface area contributed by atoms with Crippen molar-refractivity contribution in [3.63, 3.8) is 0 Å². The third-order valence-electron chi connectivity index (χ3n) is 6.59. The number of carboxylic acids is 1. The van der Waals surface area contributed by atoms with Crippen molar-refractivity contribution in [3.8, 4) is 5.75 Å². The maximum Gasteiger partial charge on any atom is 0.415 e. The zero-order valence-electron chi connectivity index (χ0n) is 21.0. The maximum atomic E-state index is 13.2. The lowest BCUT2D eigenvalue weighted by Gasteiger charge is -2.25. The van der Waals surface area contributed by atoms with Gasteiger partial charge in [-0.25, -0.2) is 18.0 Å². The highest BCUT2D eigenvalue weighted by Gasteiger charge is 2.40. The Balaban J connectivity index is 1.39. The Morgan fingerprint density at radius 3 is 2.34 bits per heavy atom. The first-order valence-electron chi connectivity index (χ1n) is 12.4. The molecule has 0 spiro atoms. The van der Waals surface area contributed by atoms with Crippen LogP contribution in [0, 0.1) is 6.92 Å². The molecule has 0 aromatic heterocycles. The largest absolute Gasteiger partial charge is 0.480 e. The summed E-state index contributed by atoms with van der Waals surface area (Å²) in [4.78, 5) is 39.1. The molecule has 38 heavy (non-hydrogen) atoms. The molecule has 2 atom stereocenters. The van der Waals surface area contributed by atoms with E-state index in [0.717, 1.165) is 21.4 Å². The van der Waals surface area contributed by atoms with Crippen molar-refractivity contribution in [2.24, 2.45) is 0 Å². The van der Waals surface area contributed by atoms with Crippen LogP contribution < -0.4 is 10.1 Å². The highest BCUT2D eigenvalue weighted by molar-refractivity contribution is 7.99. The number of nitrogens with zero attached hydrogens (tertiary/aromatic N) is 2. The number of thioether (sulfide) groups is 1. The van der Waals surface area contributed by atoms with Gasteiger partial charge in [0.15, 0.2) is 0 Å². The van der Waals surface area contributed by atoms with E-state index in [1.165, 1.54) is 12.1 Å². The van der Waals surface area contributed by atoms with Gasteiger partial charge in [-0.15, -0.1) is 0 Å². The summed E-state index contributed by atoms with van der Waals surface area (Å²) in [5, 5.41) is 12.3. The lowest BCUT2D eigenvalue weighted by molar-refractivity contribution is -0.142. The van der Waals surface area contributed by atoms with Crippen LogP contribution in [0.4, 0.5) is 4.79 Å². The van der Waals surface area contributed by atoms with Crippen molar-refractivity contribution in [2.75, 3.05) is 31.1 Å². The van der Waals surface area contributed by atoms with E-state index in [1.807, 2.05) is 6.92 Å². The molecule has 2 amide bonds. The average molecular weight is 562 g/mol. The molecule has 0 unspecified atom stereocenters. The molecule has 2 fully saturated rings. The molecule has 0 bridgehead atoms. The second-order valence-corrected chi connectivity index (χ2v) is 12.4.